The van der Waals surface area contributed by atoms with Gasteiger partial charge in [-0.15, -0.1) is 0 Å². The quantitative estimate of drug-likeness (QED) is 0.222. The van der Waals surface area contributed by atoms with Crippen LogP contribution in [0.1, 0.15) is 37.4 Å². The molecule has 0 saturated carbocycles. The van der Waals surface area contributed by atoms with Crippen molar-refractivity contribution in [3.05, 3.63) is 59.2 Å². The van der Waals surface area contributed by atoms with Gasteiger partial charge in [-0.1, -0.05) is 19.9 Å². The van der Waals surface area contributed by atoms with Gasteiger partial charge in [0.1, 0.15) is 11.5 Å². The summed E-state index contributed by atoms with van der Waals surface area (Å²) in [5.74, 6) is 0.362. The molecular formula is C27H33NO7. The van der Waals surface area contributed by atoms with E-state index in [1.165, 1.54) is 19.1 Å². The Hall–Kier alpha value is -3.52. The maximum Gasteiger partial charge on any atom is 0.295 e. The van der Waals surface area contributed by atoms with Crippen molar-refractivity contribution >= 4 is 17.4 Å². The van der Waals surface area contributed by atoms with Gasteiger partial charge in [0.15, 0.2) is 11.5 Å². The lowest BCUT2D eigenvalue weighted by Gasteiger charge is -2.26. The van der Waals surface area contributed by atoms with Crippen molar-refractivity contribution in [2.24, 2.45) is 5.92 Å². The number of hydrogen-bond donors (Lipinski definition) is 1. The predicted molar refractivity (Wildman–Crippen MR) is 132 cm³/mol. The van der Waals surface area contributed by atoms with Gasteiger partial charge < -0.3 is 29.0 Å². The number of aliphatic hydroxyl groups is 1. The number of hydrogen-bond acceptors (Lipinski definition) is 7. The Morgan fingerprint density at radius 1 is 1.00 bits per heavy atom. The van der Waals surface area contributed by atoms with E-state index in [2.05, 4.69) is 13.8 Å². The molecule has 2 aromatic rings. The highest BCUT2D eigenvalue weighted by Gasteiger charge is 2.46. The van der Waals surface area contributed by atoms with Crippen molar-refractivity contribution in [3.63, 3.8) is 0 Å². The van der Waals surface area contributed by atoms with Crippen LogP contribution in [0.15, 0.2) is 48.0 Å². The van der Waals surface area contributed by atoms with Gasteiger partial charge in [-0.2, -0.15) is 0 Å². The zero-order valence-corrected chi connectivity index (χ0v) is 20.9. The monoisotopic (exact) mass is 483 g/mol. The number of ether oxygens (including phenoxy) is 4. The number of carbonyl (C=O) groups is 2. The number of likely N-dealkylation sites (tertiary alicyclic amines) is 1. The molecule has 1 heterocycles. The summed E-state index contributed by atoms with van der Waals surface area (Å²) in [6.45, 7) is 5.40. The van der Waals surface area contributed by atoms with Gasteiger partial charge in [0.2, 0.25) is 0 Å². The van der Waals surface area contributed by atoms with E-state index in [0.717, 1.165) is 0 Å². The number of nitrogens with zero attached hydrogens (tertiary/aromatic N) is 1. The summed E-state index contributed by atoms with van der Waals surface area (Å²) >= 11 is 0. The molecular weight excluding hydrogens is 450 g/mol. The third kappa shape index (κ3) is 5.77. The summed E-state index contributed by atoms with van der Waals surface area (Å²) in [5.41, 5.74) is 1.07. The molecule has 1 amide bonds. The molecule has 35 heavy (non-hydrogen) atoms. The molecule has 0 radical (unpaired) electrons. The van der Waals surface area contributed by atoms with E-state index in [0.29, 0.717) is 53.9 Å². The van der Waals surface area contributed by atoms with Crippen LogP contribution in [0.2, 0.25) is 0 Å². The number of methoxy groups -OCH3 is 3. The average molecular weight is 484 g/mol. The van der Waals surface area contributed by atoms with Crippen molar-refractivity contribution in [1.82, 2.24) is 4.90 Å². The van der Waals surface area contributed by atoms with E-state index in [1.54, 1.807) is 49.6 Å². The fraction of sp³-hybridized carbons (Fsp3) is 0.407. The Morgan fingerprint density at radius 3 is 2.29 bits per heavy atom. The largest absolute Gasteiger partial charge is 0.507 e. The second kappa shape index (κ2) is 11.8. The molecule has 1 aliphatic rings. The van der Waals surface area contributed by atoms with Crippen LogP contribution >= 0.6 is 0 Å². The number of Topliss-reactive ketones (excluding diaryl/α,β-unsaturated/α-hetero) is 1. The fourth-order valence-electron chi connectivity index (χ4n) is 3.99. The Morgan fingerprint density at radius 2 is 1.69 bits per heavy atom. The summed E-state index contributed by atoms with van der Waals surface area (Å²) < 4.78 is 21.6. The highest BCUT2D eigenvalue weighted by atomic mass is 16.5. The first-order chi connectivity index (χ1) is 16.8. The highest BCUT2D eigenvalue weighted by molar-refractivity contribution is 6.46. The van der Waals surface area contributed by atoms with Crippen LogP contribution in [-0.2, 0) is 14.3 Å². The SMILES string of the molecule is COCCCN1C(=O)C(=O)C(=C(O)c2ccc(OCC(C)C)cc2)C1c1ccc(OC)c(OC)c1. The minimum absolute atomic E-state index is 0.0236. The van der Waals surface area contributed by atoms with E-state index in [9.17, 15) is 14.7 Å². The second-order valence-electron chi connectivity index (χ2n) is 8.68. The molecule has 3 rings (SSSR count). The van der Waals surface area contributed by atoms with Gasteiger partial charge in [-0.25, -0.2) is 0 Å². The number of aliphatic hydroxyl groups excluding tert-OH is 1. The molecule has 1 saturated heterocycles. The van der Waals surface area contributed by atoms with Gasteiger partial charge in [0.05, 0.1) is 32.4 Å². The number of amides is 1. The first-order valence-corrected chi connectivity index (χ1v) is 11.5. The van der Waals surface area contributed by atoms with Crippen LogP contribution in [0.25, 0.3) is 5.76 Å². The molecule has 8 heteroatoms. The molecule has 0 aliphatic carbocycles. The summed E-state index contributed by atoms with van der Waals surface area (Å²) in [4.78, 5) is 27.6. The van der Waals surface area contributed by atoms with Gasteiger partial charge in [0.25, 0.3) is 11.7 Å². The first-order valence-electron chi connectivity index (χ1n) is 11.5. The molecule has 2 aromatic carbocycles. The van der Waals surface area contributed by atoms with Crippen LogP contribution in [0.3, 0.4) is 0 Å². The molecule has 1 fully saturated rings. The molecule has 1 aliphatic heterocycles. The minimum Gasteiger partial charge on any atom is -0.507 e. The summed E-state index contributed by atoms with van der Waals surface area (Å²) in [7, 11) is 4.62. The molecule has 188 valence electrons. The van der Waals surface area contributed by atoms with E-state index >= 15 is 0 Å². The smallest absolute Gasteiger partial charge is 0.295 e. The van der Waals surface area contributed by atoms with Gasteiger partial charge in [-0.05, 0) is 54.3 Å². The first kappa shape index (κ1) is 26.1. The number of benzene rings is 2. The maximum atomic E-state index is 13.1. The van der Waals surface area contributed by atoms with E-state index in [4.69, 9.17) is 18.9 Å². The molecule has 0 aromatic heterocycles. The van der Waals surface area contributed by atoms with Gasteiger partial charge in [-0.3, -0.25) is 9.59 Å². The van der Waals surface area contributed by atoms with E-state index < -0.39 is 17.7 Å². The summed E-state index contributed by atoms with van der Waals surface area (Å²) in [6, 6.07) is 11.2. The minimum atomic E-state index is -0.788. The van der Waals surface area contributed by atoms with Crippen molar-refractivity contribution < 1.29 is 33.6 Å². The van der Waals surface area contributed by atoms with Crippen molar-refractivity contribution in [1.29, 1.82) is 0 Å². The topological polar surface area (TPSA) is 94.5 Å². The number of ketones is 1. The van der Waals surface area contributed by atoms with Crippen molar-refractivity contribution in [3.8, 4) is 17.2 Å². The van der Waals surface area contributed by atoms with Crippen molar-refractivity contribution in [2.45, 2.75) is 26.3 Å². The number of carbonyl (C=O) groups excluding carboxylic acids is 2. The normalized spacial score (nSPS) is 17.2. The zero-order valence-electron chi connectivity index (χ0n) is 20.9. The lowest BCUT2D eigenvalue weighted by molar-refractivity contribution is -0.140. The average Bonchev–Trinajstić information content (AvgIpc) is 3.12. The standard InChI is InChI=1S/C27H33NO7/c1-17(2)16-35-20-10-7-18(8-11-20)25(29)23-24(19-9-12-21(33-4)22(15-19)34-5)28(13-6-14-32-3)27(31)26(23)30/h7-12,15,17,24,29H,6,13-14,16H2,1-5H3. The van der Waals surface area contributed by atoms with Gasteiger partial charge >= 0.3 is 0 Å². The maximum absolute atomic E-state index is 13.1. The lowest BCUT2D eigenvalue weighted by Crippen LogP contribution is -2.31. The third-order valence-electron chi connectivity index (χ3n) is 5.72. The lowest BCUT2D eigenvalue weighted by atomic mass is 9.95. The molecule has 0 spiro atoms. The summed E-state index contributed by atoms with van der Waals surface area (Å²) in [6.07, 6.45) is 0.537. The molecule has 8 nitrogen and oxygen atoms in total. The van der Waals surface area contributed by atoms with Crippen LogP contribution < -0.4 is 14.2 Å². The molecule has 1 unspecified atom stereocenters. The third-order valence-corrected chi connectivity index (χ3v) is 5.72. The number of rotatable bonds is 11. The summed E-state index contributed by atoms with van der Waals surface area (Å²) in [5, 5.41) is 11.2. The second-order valence-corrected chi connectivity index (χ2v) is 8.68. The fourth-order valence-corrected chi connectivity index (χ4v) is 3.99. The van der Waals surface area contributed by atoms with Crippen LogP contribution in [-0.4, -0.2) is 62.8 Å². The van der Waals surface area contributed by atoms with Crippen LogP contribution in [0.5, 0.6) is 17.2 Å². The van der Waals surface area contributed by atoms with Crippen LogP contribution in [0.4, 0.5) is 0 Å². The molecule has 1 atom stereocenters. The Bertz CT molecular complexity index is 1080. The van der Waals surface area contributed by atoms with Crippen molar-refractivity contribution in [2.75, 3.05) is 41.1 Å². The zero-order chi connectivity index (χ0) is 25.5. The van der Waals surface area contributed by atoms with E-state index in [-0.39, 0.29) is 17.9 Å². The molecule has 0 bridgehead atoms. The van der Waals surface area contributed by atoms with E-state index in [1.807, 2.05) is 0 Å². The Labute approximate surface area is 206 Å². The van der Waals surface area contributed by atoms with Crippen LogP contribution in [0, 0.1) is 5.92 Å². The molecule has 1 N–H and O–H groups in total. The Balaban J connectivity index is 2.06. The predicted octanol–water partition coefficient (Wildman–Crippen LogP) is 4.20. The Kier molecular flexibility index (Phi) is 8.76. The highest BCUT2D eigenvalue weighted by Crippen LogP contribution is 2.42. The van der Waals surface area contributed by atoms with Gasteiger partial charge in [0, 0.05) is 25.8 Å².